The minimum atomic E-state index is -0.213. The molecule has 29 heavy (non-hydrogen) atoms. The molecule has 0 saturated carbocycles. The maximum absolute atomic E-state index is 12.3. The van der Waals surface area contributed by atoms with Gasteiger partial charge in [-0.15, -0.1) is 0 Å². The van der Waals surface area contributed by atoms with E-state index < -0.39 is 0 Å². The molecule has 1 aliphatic rings. The molecule has 0 atom stereocenters. The van der Waals surface area contributed by atoms with Gasteiger partial charge in [-0.25, -0.2) is 0 Å². The van der Waals surface area contributed by atoms with Gasteiger partial charge in [-0.3, -0.25) is 14.4 Å². The summed E-state index contributed by atoms with van der Waals surface area (Å²) in [6, 6.07) is 3.53. The second-order valence-corrected chi connectivity index (χ2v) is 6.70. The zero-order chi connectivity index (χ0) is 21.4. The van der Waals surface area contributed by atoms with E-state index in [0.717, 1.165) is 5.56 Å². The van der Waals surface area contributed by atoms with E-state index in [1.807, 2.05) is 0 Å². The molecule has 9 heteroatoms. The third kappa shape index (κ3) is 6.00. The van der Waals surface area contributed by atoms with Crippen LogP contribution in [-0.4, -0.2) is 75.0 Å². The van der Waals surface area contributed by atoms with Crippen LogP contribution in [0.3, 0.4) is 0 Å². The molecule has 1 aromatic carbocycles. The van der Waals surface area contributed by atoms with Gasteiger partial charge in [-0.05, 0) is 17.7 Å². The minimum absolute atomic E-state index is 0.0169. The molecule has 2 rings (SSSR count). The number of amides is 3. The van der Waals surface area contributed by atoms with Crippen LogP contribution < -0.4 is 19.5 Å². The van der Waals surface area contributed by atoms with Crippen LogP contribution >= 0.6 is 0 Å². The fourth-order valence-electron chi connectivity index (χ4n) is 3.18. The Balaban J connectivity index is 1.81. The largest absolute Gasteiger partial charge is 0.493 e. The van der Waals surface area contributed by atoms with Crippen LogP contribution in [0.25, 0.3) is 0 Å². The Morgan fingerprint density at radius 1 is 0.897 bits per heavy atom. The molecule has 3 amide bonds. The maximum Gasteiger partial charge on any atom is 0.223 e. The second-order valence-electron chi connectivity index (χ2n) is 6.70. The van der Waals surface area contributed by atoms with E-state index >= 15 is 0 Å². The van der Waals surface area contributed by atoms with E-state index in [-0.39, 0.29) is 37.1 Å². The summed E-state index contributed by atoms with van der Waals surface area (Å²) in [5.74, 6) is 1.24. The van der Waals surface area contributed by atoms with Crippen molar-refractivity contribution >= 4 is 17.7 Å². The Morgan fingerprint density at radius 3 is 1.93 bits per heavy atom. The van der Waals surface area contributed by atoms with Gasteiger partial charge in [0.2, 0.25) is 23.5 Å². The topological polar surface area (TPSA) is 97.4 Å². The van der Waals surface area contributed by atoms with Gasteiger partial charge in [0.15, 0.2) is 11.5 Å². The number of carbonyl (C=O) groups excluding carboxylic acids is 3. The average molecular weight is 407 g/mol. The molecule has 1 fully saturated rings. The van der Waals surface area contributed by atoms with Crippen LogP contribution in [0, 0.1) is 0 Å². The molecule has 0 radical (unpaired) electrons. The quantitative estimate of drug-likeness (QED) is 0.685. The van der Waals surface area contributed by atoms with Gasteiger partial charge in [0.25, 0.3) is 0 Å². The summed E-state index contributed by atoms with van der Waals surface area (Å²) in [5, 5.41) is 2.80. The van der Waals surface area contributed by atoms with Crippen LogP contribution in [0.15, 0.2) is 12.1 Å². The van der Waals surface area contributed by atoms with Crippen molar-refractivity contribution in [3.63, 3.8) is 0 Å². The zero-order valence-corrected chi connectivity index (χ0v) is 17.4. The van der Waals surface area contributed by atoms with Crippen LogP contribution in [0.5, 0.6) is 17.2 Å². The molecular formula is C20H29N3O6. The summed E-state index contributed by atoms with van der Waals surface area (Å²) >= 11 is 0. The van der Waals surface area contributed by atoms with E-state index in [1.165, 1.54) is 28.3 Å². The van der Waals surface area contributed by atoms with Crippen LogP contribution in [0.2, 0.25) is 0 Å². The lowest BCUT2D eigenvalue weighted by molar-refractivity contribution is -0.139. The predicted octanol–water partition coefficient (Wildman–Crippen LogP) is 0.800. The standard InChI is InChI=1S/C20H29N3O6/c1-14(24)22-7-9-23(10-8-22)19(26)6-5-18(25)21-13-15-11-16(27-2)20(29-4)17(12-15)28-3/h11-12H,5-10,13H2,1-4H3,(H,21,25). The number of hydrogen-bond acceptors (Lipinski definition) is 6. The Hall–Kier alpha value is -2.97. The molecule has 0 unspecified atom stereocenters. The highest BCUT2D eigenvalue weighted by Crippen LogP contribution is 2.38. The van der Waals surface area contributed by atoms with Gasteiger partial charge < -0.3 is 29.3 Å². The first-order valence-corrected chi connectivity index (χ1v) is 9.48. The fourth-order valence-corrected chi connectivity index (χ4v) is 3.18. The van der Waals surface area contributed by atoms with Crippen molar-refractivity contribution in [3.8, 4) is 17.2 Å². The van der Waals surface area contributed by atoms with Gasteiger partial charge in [-0.2, -0.15) is 0 Å². The van der Waals surface area contributed by atoms with Gasteiger partial charge in [0, 0.05) is 52.5 Å². The van der Waals surface area contributed by atoms with Crippen molar-refractivity contribution < 1.29 is 28.6 Å². The van der Waals surface area contributed by atoms with E-state index in [9.17, 15) is 14.4 Å². The number of rotatable bonds is 8. The van der Waals surface area contributed by atoms with Gasteiger partial charge in [0.1, 0.15) is 0 Å². The van der Waals surface area contributed by atoms with Crippen LogP contribution in [0.1, 0.15) is 25.3 Å². The normalized spacial score (nSPS) is 13.7. The molecule has 0 spiro atoms. The molecule has 0 aliphatic carbocycles. The summed E-state index contributed by atoms with van der Waals surface area (Å²) < 4.78 is 15.9. The Bertz CT molecular complexity index is 719. The number of hydrogen-bond donors (Lipinski definition) is 1. The summed E-state index contributed by atoms with van der Waals surface area (Å²) in [7, 11) is 4.59. The van der Waals surface area contributed by atoms with E-state index in [1.54, 1.807) is 21.9 Å². The van der Waals surface area contributed by atoms with Crippen LogP contribution in [0.4, 0.5) is 0 Å². The minimum Gasteiger partial charge on any atom is -0.493 e. The first kappa shape index (κ1) is 22.3. The second kappa shape index (κ2) is 10.5. The highest BCUT2D eigenvalue weighted by molar-refractivity contribution is 5.84. The molecule has 0 aromatic heterocycles. The number of ether oxygens (including phenoxy) is 3. The summed E-state index contributed by atoms with van der Waals surface area (Å²) in [5.41, 5.74) is 0.791. The lowest BCUT2D eigenvalue weighted by atomic mass is 10.1. The number of benzene rings is 1. The summed E-state index contributed by atoms with van der Waals surface area (Å²) in [6.07, 6.45) is 0.247. The smallest absolute Gasteiger partial charge is 0.223 e. The van der Waals surface area contributed by atoms with E-state index in [2.05, 4.69) is 5.32 Å². The molecule has 1 saturated heterocycles. The summed E-state index contributed by atoms with van der Waals surface area (Å²) in [4.78, 5) is 39.2. The van der Waals surface area contributed by atoms with Crippen LogP contribution in [-0.2, 0) is 20.9 Å². The van der Waals surface area contributed by atoms with Crippen molar-refractivity contribution in [1.29, 1.82) is 0 Å². The molecule has 1 aliphatic heterocycles. The first-order chi connectivity index (χ1) is 13.9. The lowest BCUT2D eigenvalue weighted by Gasteiger charge is -2.34. The zero-order valence-electron chi connectivity index (χ0n) is 17.4. The van der Waals surface area contributed by atoms with E-state index in [0.29, 0.717) is 43.4 Å². The highest BCUT2D eigenvalue weighted by Gasteiger charge is 2.22. The van der Waals surface area contributed by atoms with E-state index in [4.69, 9.17) is 14.2 Å². The number of methoxy groups -OCH3 is 3. The van der Waals surface area contributed by atoms with Crippen molar-refractivity contribution in [2.75, 3.05) is 47.5 Å². The number of carbonyl (C=O) groups is 3. The first-order valence-electron chi connectivity index (χ1n) is 9.48. The molecule has 0 bridgehead atoms. The number of nitrogens with one attached hydrogen (secondary N) is 1. The molecule has 1 heterocycles. The fraction of sp³-hybridized carbons (Fsp3) is 0.550. The molecular weight excluding hydrogens is 378 g/mol. The highest BCUT2D eigenvalue weighted by atomic mass is 16.5. The van der Waals surface area contributed by atoms with Gasteiger partial charge >= 0.3 is 0 Å². The molecule has 1 aromatic rings. The van der Waals surface area contributed by atoms with Crippen molar-refractivity contribution in [2.45, 2.75) is 26.3 Å². The molecule has 9 nitrogen and oxygen atoms in total. The Labute approximate surface area is 170 Å². The Morgan fingerprint density at radius 2 is 1.45 bits per heavy atom. The summed E-state index contributed by atoms with van der Waals surface area (Å²) in [6.45, 7) is 3.89. The monoisotopic (exact) mass is 407 g/mol. The third-order valence-electron chi connectivity index (χ3n) is 4.86. The Kier molecular flexibility index (Phi) is 8.11. The third-order valence-corrected chi connectivity index (χ3v) is 4.86. The van der Waals surface area contributed by atoms with Crippen molar-refractivity contribution in [2.24, 2.45) is 0 Å². The average Bonchev–Trinajstić information content (AvgIpc) is 2.74. The van der Waals surface area contributed by atoms with Gasteiger partial charge in [0.05, 0.1) is 21.3 Å². The van der Waals surface area contributed by atoms with Gasteiger partial charge in [-0.1, -0.05) is 0 Å². The van der Waals surface area contributed by atoms with Crippen molar-refractivity contribution in [1.82, 2.24) is 15.1 Å². The number of piperazine rings is 1. The van der Waals surface area contributed by atoms with Crippen molar-refractivity contribution in [3.05, 3.63) is 17.7 Å². The SMILES string of the molecule is COc1cc(CNC(=O)CCC(=O)N2CCN(C(C)=O)CC2)cc(OC)c1OC. The molecule has 1 N–H and O–H groups in total. The lowest BCUT2D eigenvalue weighted by Crippen LogP contribution is -2.50. The number of nitrogens with zero attached hydrogens (tertiary/aromatic N) is 2. The molecule has 160 valence electrons. The predicted molar refractivity (Wildman–Crippen MR) is 106 cm³/mol. The maximum atomic E-state index is 12.3.